The van der Waals surface area contributed by atoms with Crippen LogP contribution in [0.1, 0.15) is 12.8 Å². The molecule has 0 aliphatic carbocycles. The zero-order valence-electron chi connectivity index (χ0n) is 10.7. The molecule has 1 aromatic carbocycles. The van der Waals surface area contributed by atoms with E-state index < -0.39 is 29.8 Å². The van der Waals surface area contributed by atoms with Crippen molar-refractivity contribution in [1.82, 2.24) is 5.32 Å². The fourth-order valence-corrected chi connectivity index (χ4v) is 1.82. The summed E-state index contributed by atoms with van der Waals surface area (Å²) in [5, 5.41) is 13.5. The number of amides is 3. The predicted octanol–water partition coefficient (Wildman–Crippen LogP) is 1.43. The van der Waals surface area contributed by atoms with Crippen LogP contribution in [-0.4, -0.2) is 29.1 Å². The van der Waals surface area contributed by atoms with Crippen molar-refractivity contribution >= 4 is 39.5 Å². The third-order valence-electron chi connectivity index (χ3n) is 2.46. The number of urea groups is 1. The monoisotopic (exact) mass is 361 g/mol. The standard InChI is InChI=1S/C12H13BrFN3O4/c13-7-5-6(1-2-8(7)14)16-12(21)17-9(11(19)20)3-4-10(15)18/h1-2,5,9H,3-4H2,(H2,15,18)(H,19,20)(H2,16,17,21)/t9-/m1/s1. The fraction of sp³-hybridized carbons (Fsp3) is 0.250. The highest BCUT2D eigenvalue weighted by molar-refractivity contribution is 9.10. The third-order valence-corrected chi connectivity index (χ3v) is 3.07. The second-order valence-corrected chi connectivity index (χ2v) is 4.98. The van der Waals surface area contributed by atoms with Gasteiger partial charge in [0, 0.05) is 12.1 Å². The molecule has 0 aliphatic heterocycles. The van der Waals surface area contributed by atoms with Crippen LogP contribution in [0.15, 0.2) is 22.7 Å². The first-order chi connectivity index (χ1) is 9.79. The lowest BCUT2D eigenvalue weighted by Crippen LogP contribution is -2.43. The molecule has 9 heteroatoms. The lowest BCUT2D eigenvalue weighted by Gasteiger charge is -2.14. The summed E-state index contributed by atoms with van der Waals surface area (Å²) in [7, 11) is 0. The Balaban J connectivity index is 2.62. The minimum atomic E-state index is -1.29. The molecule has 0 radical (unpaired) electrons. The Morgan fingerprint density at radius 3 is 2.57 bits per heavy atom. The zero-order valence-corrected chi connectivity index (χ0v) is 12.3. The maximum Gasteiger partial charge on any atom is 0.326 e. The van der Waals surface area contributed by atoms with E-state index in [-0.39, 0.29) is 23.0 Å². The number of aliphatic carboxylic acids is 1. The Labute approximate surface area is 127 Å². The Bertz CT molecular complexity index is 567. The molecule has 21 heavy (non-hydrogen) atoms. The Morgan fingerprint density at radius 2 is 2.05 bits per heavy atom. The maximum atomic E-state index is 13.0. The topological polar surface area (TPSA) is 122 Å². The molecular formula is C12H13BrFN3O4. The number of nitrogens with two attached hydrogens (primary N) is 1. The van der Waals surface area contributed by atoms with Crippen molar-refractivity contribution in [1.29, 1.82) is 0 Å². The number of carbonyl (C=O) groups excluding carboxylic acids is 2. The largest absolute Gasteiger partial charge is 0.480 e. The van der Waals surface area contributed by atoms with Gasteiger partial charge < -0.3 is 21.5 Å². The number of carbonyl (C=O) groups is 3. The van der Waals surface area contributed by atoms with Gasteiger partial charge >= 0.3 is 12.0 Å². The number of halogens is 2. The van der Waals surface area contributed by atoms with E-state index in [0.717, 1.165) is 6.07 Å². The molecule has 0 fully saturated rings. The Morgan fingerprint density at radius 1 is 1.38 bits per heavy atom. The third kappa shape index (κ3) is 5.78. The molecule has 1 atom stereocenters. The highest BCUT2D eigenvalue weighted by Gasteiger charge is 2.20. The summed E-state index contributed by atoms with van der Waals surface area (Å²) < 4.78 is 13.2. The number of hydrogen-bond donors (Lipinski definition) is 4. The van der Waals surface area contributed by atoms with Gasteiger partial charge in [0.2, 0.25) is 5.91 Å². The van der Waals surface area contributed by atoms with Crippen molar-refractivity contribution in [2.45, 2.75) is 18.9 Å². The molecule has 0 saturated heterocycles. The maximum absolute atomic E-state index is 13.0. The van der Waals surface area contributed by atoms with Crippen LogP contribution in [0.5, 0.6) is 0 Å². The second-order valence-electron chi connectivity index (χ2n) is 4.12. The average Bonchev–Trinajstić information content (AvgIpc) is 2.38. The van der Waals surface area contributed by atoms with Gasteiger partial charge in [0.25, 0.3) is 0 Å². The van der Waals surface area contributed by atoms with E-state index >= 15 is 0 Å². The summed E-state index contributed by atoms with van der Waals surface area (Å²) in [6.45, 7) is 0. The van der Waals surface area contributed by atoms with Crippen molar-refractivity contribution in [3.63, 3.8) is 0 Å². The number of primary amides is 1. The second kappa shape index (κ2) is 7.58. The molecule has 7 nitrogen and oxygen atoms in total. The van der Waals surface area contributed by atoms with Gasteiger partial charge in [0.15, 0.2) is 0 Å². The predicted molar refractivity (Wildman–Crippen MR) is 76.1 cm³/mol. The van der Waals surface area contributed by atoms with E-state index in [1.807, 2.05) is 0 Å². The summed E-state index contributed by atoms with van der Waals surface area (Å²) in [5.74, 6) is -2.44. The van der Waals surface area contributed by atoms with Crippen LogP contribution in [0, 0.1) is 5.82 Å². The van der Waals surface area contributed by atoms with E-state index in [1.54, 1.807) is 0 Å². The number of nitrogens with one attached hydrogen (secondary N) is 2. The van der Waals surface area contributed by atoms with E-state index in [0.29, 0.717) is 0 Å². The van der Waals surface area contributed by atoms with Gasteiger partial charge in [-0.25, -0.2) is 14.0 Å². The van der Waals surface area contributed by atoms with Crippen LogP contribution in [0.4, 0.5) is 14.9 Å². The van der Waals surface area contributed by atoms with Crippen LogP contribution in [-0.2, 0) is 9.59 Å². The summed E-state index contributed by atoms with van der Waals surface area (Å²) >= 11 is 2.96. The molecule has 114 valence electrons. The highest BCUT2D eigenvalue weighted by atomic mass is 79.9. The van der Waals surface area contributed by atoms with Crippen LogP contribution < -0.4 is 16.4 Å². The van der Waals surface area contributed by atoms with Gasteiger partial charge in [-0.3, -0.25) is 4.79 Å². The van der Waals surface area contributed by atoms with Crippen molar-refractivity contribution in [2.75, 3.05) is 5.32 Å². The molecule has 1 aromatic rings. The quantitative estimate of drug-likeness (QED) is 0.612. The summed E-state index contributed by atoms with van der Waals surface area (Å²) in [6, 6.07) is 1.75. The molecule has 1 rings (SSSR count). The van der Waals surface area contributed by atoms with E-state index in [4.69, 9.17) is 10.8 Å². The fourth-order valence-electron chi connectivity index (χ4n) is 1.44. The summed E-state index contributed by atoms with van der Waals surface area (Å²) in [4.78, 5) is 33.2. The zero-order chi connectivity index (χ0) is 16.0. The minimum absolute atomic E-state index is 0.120. The molecule has 0 heterocycles. The van der Waals surface area contributed by atoms with Crippen molar-refractivity contribution in [3.05, 3.63) is 28.5 Å². The number of carboxylic acid groups (broad SMARTS) is 1. The number of rotatable bonds is 6. The number of anilines is 1. The lowest BCUT2D eigenvalue weighted by molar-refractivity contribution is -0.139. The van der Waals surface area contributed by atoms with Crippen LogP contribution >= 0.6 is 15.9 Å². The summed E-state index contributed by atoms with van der Waals surface area (Å²) in [6.07, 6.45) is -0.287. The molecule has 0 aromatic heterocycles. The molecule has 0 aliphatic rings. The first kappa shape index (κ1) is 16.9. The minimum Gasteiger partial charge on any atom is -0.480 e. The van der Waals surface area contributed by atoms with Gasteiger partial charge in [-0.2, -0.15) is 0 Å². The number of hydrogen-bond acceptors (Lipinski definition) is 3. The van der Waals surface area contributed by atoms with Gasteiger partial charge in [-0.05, 0) is 40.5 Å². The number of benzene rings is 1. The molecule has 0 unspecified atom stereocenters. The normalized spacial score (nSPS) is 11.5. The van der Waals surface area contributed by atoms with Crippen molar-refractivity contribution < 1.29 is 23.9 Å². The number of carboxylic acids is 1. The Kier molecular flexibility index (Phi) is 6.10. The van der Waals surface area contributed by atoms with Crippen molar-refractivity contribution in [3.8, 4) is 0 Å². The van der Waals surface area contributed by atoms with Crippen LogP contribution in [0.25, 0.3) is 0 Å². The Hall–Kier alpha value is -2.16. The molecule has 0 spiro atoms. The summed E-state index contributed by atoms with van der Waals surface area (Å²) in [5.41, 5.74) is 5.20. The van der Waals surface area contributed by atoms with E-state index in [1.165, 1.54) is 12.1 Å². The molecule has 0 saturated carbocycles. The first-order valence-electron chi connectivity index (χ1n) is 5.83. The van der Waals surface area contributed by atoms with E-state index in [9.17, 15) is 18.8 Å². The van der Waals surface area contributed by atoms with Crippen LogP contribution in [0.3, 0.4) is 0 Å². The molecular weight excluding hydrogens is 349 g/mol. The average molecular weight is 362 g/mol. The van der Waals surface area contributed by atoms with Gasteiger partial charge in [0.1, 0.15) is 11.9 Å². The van der Waals surface area contributed by atoms with E-state index in [2.05, 4.69) is 26.6 Å². The highest BCUT2D eigenvalue weighted by Crippen LogP contribution is 2.19. The SMILES string of the molecule is NC(=O)CC[C@@H](NC(=O)Nc1ccc(F)c(Br)c1)C(=O)O. The van der Waals surface area contributed by atoms with Gasteiger partial charge in [0.05, 0.1) is 4.47 Å². The van der Waals surface area contributed by atoms with Gasteiger partial charge in [-0.1, -0.05) is 0 Å². The first-order valence-corrected chi connectivity index (χ1v) is 6.62. The molecule has 0 bridgehead atoms. The molecule has 3 amide bonds. The van der Waals surface area contributed by atoms with Gasteiger partial charge in [-0.15, -0.1) is 0 Å². The van der Waals surface area contributed by atoms with Crippen LogP contribution in [0.2, 0.25) is 0 Å². The van der Waals surface area contributed by atoms with Crippen molar-refractivity contribution in [2.24, 2.45) is 5.73 Å². The lowest BCUT2D eigenvalue weighted by atomic mass is 10.1. The smallest absolute Gasteiger partial charge is 0.326 e. The molecule has 5 N–H and O–H groups in total.